The number of carbonyl (C=O) groups excluding carboxylic acids is 1. The Kier molecular flexibility index (Phi) is 4.69. The Bertz CT molecular complexity index is 476. The number of benzene rings is 1. The van der Waals surface area contributed by atoms with Crippen molar-refractivity contribution in [2.45, 2.75) is 52.5 Å². The van der Waals surface area contributed by atoms with Crippen LogP contribution < -0.4 is 0 Å². The summed E-state index contributed by atoms with van der Waals surface area (Å²) in [7, 11) is 0. The molecule has 0 bridgehead atoms. The third-order valence-electron chi connectivity index (χ3n) is 4.06. The monoisotopic (exact) mass is 275 g/mol. The zero-order valence-corrected chi connectivity index (χ0v) is 12.7. The number of para-hydroxylation sites is 1. The Morgan fingerprint density at radius 3 is 2.60 bits per heavy atom. The standard InChI is InChI=1S/C17H25NO2/c1-12(2)11-18(14-8-4-5-9-14)17(20)15-10-6-7-13(3)16(15)19/h6-7,10,12,14,19H,4-5,8-9,11H2,1-3H3. The van der Waals surface area contributed by atoms with E-state index in [4.69, 9.17) is 0 Å². The fourth-order valence-corrected chi connectivity index (χ4v) is 2.99. The minimum absolute atomic E-state index is 0.0215. The van der Waals surface area contributed by atoms with Crippen LogP contribution in [0.1, 0.15) is 55.5 Å². The van der Waals surface area contributed by atoms with Gasteiger partial charge in [0.1, 0.15) is 5.75 Å². The number of aryl methyl sites for hydroxylation is 1. The highest BCUT2D eigenvalue weighted by Crippen LogP contribution is 2.29. The number of aromatic hydroxyl groups is 1. The summed E-state index contributed by atoms with van der Waals surface area (Å²) < 4.78 is 0. The largest absolute Gasteiger partial charge is 0.507 e. The van der Waals surface area contributed by atoms with Gasteiger partial charge in [-0.3, -0.25) is 4.79 Å². The zero-order chi connectivity index (χ0) is 14.7. The number of phenolic OH excluding ortho intramolecular Hbond substituents is 1. The molecule has 110 valence electrons. The van der Waals surface area contributed by atoms with E-state index in [9.17, 15) is 9.90 Å². The summed E-state index contributed by atoms with van der Waals surface area (Å²) in [6, 6.07) is 5.73. The van der Waals surface area contributed by atoms with E-state index in [0.717, 1.165) is 24.9 Å². The van der Waals surface area contributed by atoms with Crippen LogP contribution in [-0.4, -0.2) is 28.5 Å². The first kappa shape index (κ1) is 14.9. The number of rotatable bonds is 4. The number of hydrogen-bond donors (Lipinski definition) is 1. The van der Waals surface area contributed by atoms with Crippen molar-refractivity contribution in [3.05, 3.63) is 29.3 Å². The molecule has 1 saturated carbocycles. The van der Waals surface area contributed by atoms with Crippen molar-refractivity contribution in [2.24, 2.45) is 5.92 Å². The summed E-state index contributed by atoms with van der Waals surface area (Å²) in [6.45, 7) is 6.85. The Hall–Kier alpha value is -1.51. The summed E-state index contributed by atoms with van der Waals surface area (Å²) in [6.07, 6.45) is 4.58. The maximum atomic E-state index is 12.8. The first-order chi connectivity index (χ1) is 9.50. The maximum Gasteiger partial charge on any atom is 0.257 e. The first-order valence-corrected chi connectivity index (χ1v) is 7.60. The molecule has 20 heavy (non-hydrogen) atoms. The molecule has 1 aromatic rings. The second kappa shape index (κ2) is 6.29. The van der Waals surface area contributed by atoms with Gasteiger partial charge in [-0.15, -0.1) is 0 Å². The molecule has 1 N–H and O–H groups in total. The number of nitrogens with zero attached hydrogens (tertiary/aromatic N) is 1. The molecular weight excluding hydrogens is 250 g/mol. The van der Waals surface area contributed by atoms with Gasteiger partial charge in [0.15, 0.2) is 0 Å². The smallest absolute Gasteiger partial charge is 0.257 e. The molecule has 1 aliphatic rings. The molecule has 0 aliphatic heterocycles. The molecule has 2 rings (SSSR count). The van der Waals surface area contributed by atoms with Gasteiger partial charge in [0.25, 0.3) is 5.91 Å². The summed E-state index contributed by atoms with van der Waals surface area (Å²) in [5.41, 5.74) is 1.20. The number of phenols is 1. The number of carbonyl (C=O) groups is 1. The number of amides is 1. The molecule has 0 atom stereocenters. The lowest BCUT2D eigenvalue weighted by Gasteiger charge is -2.31. The first-order valence-electron chi connectivity index (χ1n) is 7.60. The predicted molar refractivity (Wildman–Crippen MR) is 81.0 cm³/mol. The number of hydrogen-bond acceptors (Lipinski definition) is 2. The van der Waals surface area contributed by atoms with Crippen LogP contribution in [0.2, 0.25) is 0 Å². The SMILES string of the molecule is Cc1cccc(C(=O)N(CC(C)C)C2CCCC2)c1O. The van der Waals surface area contributed by atoms with Gasteiger partial charge in [-0.05, 0) is 37.3 Å². The van der Waals surface area contributed by atoms with E-state index >= 15 is 0 Å². The van der Waals surface area contributed by atoms with Crippen molar-refractivity contribution < 1.29 is 9.90 Å². The van der Waals surface area contributed by atoms with Crippen molar-refractivity contribution in [3.8, 4) is 5.75 Å². The van der Waals surface area contributed by atoms with Gasteiger partial charge in [-0.25, -0.2) is 0 Å². The van der Waals surface area contributed by atoms with Crippen LogP contribution >= 0.6 is 0 Å². The van der Waals surface area contributed by atoms with Crippen molar-refractivity contribution in [2.75, 3.05) is 6.54 Å². The second-order valence-corrected chi connectivity index (χ2v) is 6.26. The Labute approximate surface area is 121 Å². The van der Waals surface area contributed by atoms with Gasteiger partial charge in [0.2, 0.25) is 0 Å². The van der Waals surface area contributed by atoms with E-state index in [2.05, 4.69) is 13.8 Å². The topological polar surface area (TPSA) is 40.5 Å². The molecule has 0 saturated heterocycles. The van der Waals surface area contributed by atoms with Crippen LogP contribution in [0.4, 0.5) is 0 Å². The van der Waals surface area contributed by atoms with Crippen molar-refractivity contribution >= 4 is 5.91 Å². The molecule has 0 aromatic heterocycles. The molecule has 3 nitrogen and oxygen atoms in total. The van der Waals surface area contributed by atoms with E-state index in [1.807, 2.05) is 24.0 Å². The molecule has 0 radical (unpaired) electrons. The Morgan fingerprint density at radius 2 is 2.00 bits per heavy atom. The van der Waals surface area contributed by atoms with Crippen molar-refractivity contribution in [3.63, 3.8) is 0 Å². The van der Waals surface area contributed by atoms with Crippen LogP contribution in [0.5, 0.6) is 5.75 Å². The van der Waals surface area contributed by atoms with Crippen LogP contribution in [0.3, 0.4) is 0 Å². The lowest BCUT2D eigenvalue weighted by atomic mass is 10.1. The van der Waals surface area contributed by atoms with Gasteiger partial charge < -0.3 is 10.0 Å². The molecule has 1 fully saturated rings. The molecular formula is C17H25NO2. The maximum absolute atomic E-state index is 12.8. The summed E-state index contributed by atoms with van der Waals surface area (Å²) in [5.74, 6) is 0.544. The molecule has 0 unspecified atom stereocenters. The van der Waals surface area contributed by atoms with Gasteiger partial charge in [-0.1, -0.05) is 38.8 Å². The van der Waals surface area contributed by atoms with Gasteiger partial charge in [0, 0.05) is 12.6 Å². The van der Waals surface area contributed by atoms with Crippen LogP contribution in [0.15, 0.2) is 18.2 Å². The minimum atomic E-state index is -0.0215. The average Bonchev–Trinajstić information content (AvgIpc) is 2.92. The lowest BCUT2D eigenvalue weighted by Crippen LogP contribution is -2.41. The van der Waals surface area contributed by atoms with Crippen LogP contribution in [0, 0.1) is 12.8 Å². The van der Waals surface area contributed by atoms with E-state index in [0.29, 0.717) is 17.5 Å². The van der Waals surface area contributed by atoms with Gasteiger partial charge >= 0.3 is 0 Å². The van der Waals surface area contributed by atoms with E-state index in [1.165, 1.54) is 12.8 Å². The van der Waals surface area contributed by atoms with E-state index in [-0.39, 0.29) is 11.7 Å². The molecule has 1 aromatic carbocycles. The Balaban J connectivity index is 2.27. The van der Waals surface area contributed by atoms with Crippen molar-refractivity contribution in [1.82, 2.24) is 4.90 Å². The summed E-state index contributed by atoms with van der Waals surface area (Å²) in [4.78, 5) is 14.8. The highest BCUT2D eigenvalue weighted by atomic mass is 16.3. The molecule has 0 spiro atoms. The normalized spacial score (nSPS) is 15.8. The Morgan fingerprint density at radius 1 is 1.35 bits per heavy atom. The molecule has 1 aliphatic carbocycles. The van der Waals surface area contributed by atoms with Crippen LogP contribution in [0.25, 0.3) is 0 Å². The predicted octanol–water partition coefficient (Wildman–Crippen LogP) is 3.74. The molecule has 1 amide bonds. The van der Waals surface area contributed by atoms with E-state index in [1.54, 1.807) is 6.07 Å². The lowest BCUT2D eigenvalue weighted by molar-refractivity contribution is 0.0652. The third-order valence-corrected chi connectivity index (χ3v) is 4.06. The third kappa shape index (κ3) is 3.14. The fourth-order valence-electron chi connectivity index (χ4n) is 2.99. The minimum Gasteiger partial charge on any atom is -0.507 e. The average molecular weight is 275 g/mol. The second-order valence-electron chi connectivity index (χ2n) is 6.26. The van der Waals surface area contributed by atoms with Gasteiger partial charge in [-0.2, -0.15) is 0 Å². The quantitative estimate of drug-likeness (QED) is 0.909. The highest BCUT2D eigenvalue weighted by Gasteiger charge is 2.29. The van der Waals surface area contributed by atoms with Crippen molar-refractivity contribution in [1.29, 1.82) is 0 Å². The summed E-state index contributed by atoms with van der Waals surface area (Å²) in [5, 5.41) is 10.1. The molecule has 3 heteroatoms. The fraction of sp³-hybridized carbons (Fsp3) is 0.588. The zero-order valence-electron chi connectivity index (χ0n) is 12.7. The van der Waals surface area contributed by atoms with Gasteiger partial charge in [0.05, 0.1) is 5.56 Å². The summed E-state index contributed by atoms with van der Waals surface area (Å²) >= 11 is 0. The highest BCUT2D eigenvalue weighted by molar-refractivity contribution is 5.97. The van der Waals surface area contributed by atoms with Crippen LogP contribution in [-0.2, 0) is 0 Å². The molecule has 0 heterocycles. The van der Waals surface area contributed by atoms with E-state index < -0.39 is 0 Å².